The van der Waals surface area contributed by atoms with Gasteiger partial charge in [-0.3, -0.25) is 4.90 Å². The topological polar surface area (TPSA) is 29.3 Å². The number of hydrogen-bond acceptors (Lipinski definition) is 2. The number of nitrogens with zero attached hydrogens (tertiary/aromatic N) is 1. The highest BCUT2D eigenvalue weighted by atomic mass is 35.5. The lowest BCUT2D eigenvalue weighted by atomic mass is 10.2. The summed E-state index contributed by atoms with van der Waals surface area (Å²) in [5.74, 6) is 0. The van der Waals surface area contributed by atoms with E-state index in [0.29, 0.717) is 11.6 Å². The highest BCUT2D eigenvalue weighted by Gasteiger charge is 2.07. The Bertz CT molecular complexity index is 342. The van der Waals surface area contributed by atoms with Crippen LogP contribution in [0.3, 0.4) is 0 Å². The van der Waals surface area contributed by atoms with Crippen molar-refractivity contribution in [1.29, 1.82) is 0 Å². The van der Waals surface area contributed by atoms with Gasteiger partial charge in [-0.05, 0) is 30.7 Å². The molecule has 0 aliphatic heterocycles. The van der Waals surface area contributed by atoms with Crippen LogP contribution in [0.1, 0.15) is 25.3 Å². The van der Waals surface area contributed by atoms with Gasteiger partial charge in [0, 0.05) is 29.7 Å². The molecule has 0 spiro atoms. The van der Waals surface area contributed by atoms with Gasteiger partial charge in [-0.15, -0.1) is 0 Å². The second kappa shape index (κ2) is 7.93. The van der Waals surface area contributed by atoms with Gasteiger partial charge >= 0.3 is 0 Å². The highest BCUT2D eigenvalue weighted by Crippen LogP contribution is 2.22. The molecule has 96 valence electrons. The smallest absolute Gasteiger partial charge is 0.0465 e. The van der Waals surface area contributed by atoms with Gasteiger partial charge in [-0.2, -0.15) is 0 Å². The van der Waals surface area contributed by atoms with Crippen LogP contribution in [0.5, 0.6) is 0 Å². The van der Waals surface area contributed by atoms with Crippen molar-refractivity contribution >= 4 is 23.2 Å². The first-order chi connectivity index (χ1) is 8.17. The van der Waals surface area contributed by atoms with Crippen molar-refractivity contribution in [1.82, 2.24) is 4.90 Å². The van der Waals surface area contributed by atoms with E-state index in [2.05, 4.69) is 11.8 Å². The van der Waals surface area contributed by atoms with E-state index in [1.54, 1.807) is 6.07 Å². The largest absolute Gasteiger partial charge is 0.329 e. The lowest BCUT2D eigenvalue weighted by molar-refractivity contribution is 0.268. The third-order valence-corrected chi connectivity index (χ3v) is 3.27. The summed E-state index contributed by atoms with van der Waals surface area (Å²) in [6, 6.07) is 5.65. The molecule has 17 heavy (non-hydrogen) atoms. The first-order valence-corrected chi connectivity index (χ1v) is 6.79. The van der Waals surface area contributed by atoms with Crippen molar-refractivity contribution in [3.63, 3.8) is 0 Å². The van der Waals surface area contributed by atoms with E-state index in [4.69, 9.17) is 28.9 Å². The average Bonchev–Trinajstić information content (AvgIpc) is 2.29. The van der Waals surface area contributed by atoms with Crippen LogP contribution in [0.15, 0.2) is 18.2 Å². The highest BCUT2D eigenvalue weighted by molar-refractivity contribution is 6.35. The molecule has 1 aromatic carbocycles. The molecule has 2 nitrogen and oxygen atoms in total. The zero-order valence-electron chi connectivity index (χ0n) is 10.3. The fourth-order valence-electron chi connectivity index (χ4n) is 1.73. The molecular weight excluding hydrogens is 255 g/mol. The Labute approximate surface area is 114 Å². The van der Waals surface area contributed by atoms with E-state index in [1.807, 2.05) is 12.1 Å². The fraction of sp³-hybridized carbons (Fsp3) is 0.538. The average molecular weight is 275 g/mol. The van der Waals surface area contributed by atoms with Gasteiger partial charge in [0.15, 0.2) is 0 Å². The molecule has 0 fully saturated rings. The summed E-state index contributed by atoms with van der Waals surface area (Å²) < 4.78 is 0. The van der Waals surface area contributed by atoms with Crippen molar-refractivity contribution in [3.8, 4) is 0 Å². The zero-order chi connectivity index (χ0) is 12.7. The van der Waals surface area contributed by atoms with Gasteiger partial charge in [0.05, 0.1) is 0 Å². The van der Waals surface area contributed by atoms with Crippen LogP contribution in [-0.4, -0.2) is 24.5 Å². The minimum atomic E-state index is 0.676. The summed E-state index contributed by atoms with van der Waals surface area (Å²) in [6.45, 7) is 5.67. The number of hydrogen-bond donors (Lipinski definition) is 1. The van der Waals surface area contributed by atoms with Gasteiger partial charge < -0.3 is 5.73 Å². The molecule has 0 bridgehead atoms. The lowest BCUT2D eigenvalue weighted by Crippen LogP contribution is -2.30. The van der Waals surface area contributed by atoms with Gasteiger partial charge in [-0.25, -0.2) is 0 Å². The molecule has 1 rings (SSSR count). The minimum absolute atomic E-state index is 0.676. The first-order valence-electron chi connectivity index (χ1n) is 6.03. The van der Waals surface area contributed by atoms with E-state index < -0.39 is 0 Å². The number of unbranched alkanes of at least 4 members (excludes halogenated alkanes) is 1. The minimum Gasteiger partial charge on any atom is -0.329 e. The van der Waals surface area contributed by atoms with Gasteiger partial charge in [0.2, 0.25) is 0 Å². The summed E-state index contributed by atoms with van der Waals surface area (Å²) in [6.07, 6.45) is 2.38. The maximum atomic E-state index is 6.17. The van der Waals surface area contributed by atoms with Crippen molar-refractivity contribution in [3.05, 3.63) is 33.8 Å². The number of halogens is 2. The van der Waals surface area contributed by atoms with Gasteiger partial charge in [0.25, 0.3) is 0 Å². The summed E-state index contributed by atoms with van der Waals surface area (Å²) in [5.41, 5.74) is 6.73. The molecule has 0 heterocycles. The van der Waals surface area contributed by atoms with E-state index in [-0.39, 0.29) is 0 Å². The second-order valence-electron chi connectivity index (χ2n) is 4.15. The van der Waals surface area contributed by atoms with Crippen LogP contribution in [-0.2, 0) is 6.54 Å². The quantitative estimate of drug-likeness (QED) is 0.824. The molecule has 0 saturated carbocycles. The van der Waals surface area contributed by atoms with Crippen molar-refractivity contribution < 1.29 is 0 Å². The van der Waals surface area contributed by atoms with Gasteiger partial charge in [-0.1, -0.05) is 42.6 Å². The molecular formula is C13H20Cl2N2. The normalized spacial score (nSPS) is 11.1. The second-order valence-corrected chi connectivity index (χ2v) is 5.00. The Balaban J connectivity index is 2.64. The van der Waals surface area contributed by atoms with Gasteiger partial charge in [0.1, 0.15) is 0 Å². The standard InChI is InChI=1S/C13H20Cl2N2/c1-2-3-7-17(8-6-16)10-11-4-5-12(14)9-13(11)15/h4-5,9H,2-3,6-8,10,16H2,1H3. The molecule has 0 atom stereocenters. The van der Waals surface area contributed by atoms with E-state index in [1.165, 1.54) is 12.8 Å². The maximum Gasteiger partial charge on any atom is 0.0465 e. The van der Waals surface area contributed by atoms with Crippen molar-refractivity contribution in [2.24, 2.45) is 5.73 Å². The number of rotatable bonds is 7. The van der Waals surface area contributed by atoms with Crippen LogP contribution in [0, 0.1) is 0 Å². The Kier molecular flexibility index (Phi) is 6.90. The van der Waals surface area contributed by atoms with Crippen LogP contribution in [0.4, 0.5) is 0 Å². The van der Waals surface area contributed by atoms with E-state index in [0.717, 1.165) is 30.2 Å². The predicted octanol–water partition coefficient (Wildman–Crippen LogP) is 3.55. The number of benzene rings is 1. The maximum absolute atomic E-state index is 6.17. The lowest BCUT2D eigenvalue weighted by Gasteiger charge is -2.22. The summed E-state index contributed by atoms with van der Waals surface area (Å²) >= 11 is 12.0. The van der Waals surface area contributed by atoms with E-state index >= 15 is 0 Å². The van der Waals surface area contributed by atoms with Crippen LogP contribution >= 0.6 is 23.2 Å². The van der Waals surface area contributed by atoms with Crippen LogP contribution in [0.2, 0.25) is 10.0 Å². The zero-order valence-corrected chi connectivity index (χ0v) is 11.8. The van der Waals surface area contributed by atoms with Crippen LogP contribution in [0.25, 0.3) is 0 Å². The monoisotopic (exact) mass is 274 g/mol. The van der Waals surface area contributed by atoms with Crippen molar-refractivity contribution in [2.75, 3.05) is 19.6 Å². The third-order valence-electron chi connectivity index (χ3n) is 2.68. The van der Waals surface area contributed by atoms with E-state index in [9.17, 15) is 0 Å². The Morgan fingerprint density at radius 3 is 2.59 bits per heavy atom. The molecule has 4 heteroatoms. The summed E-state index contributed by atoms with van der Waals surface area (Å²) in [7, 11) is 0. The predicted molar refractivity (Wildman–Crippen MR) is 75.7 cm³/mol. The van der Waals surface area contributed by atoms with Crippen molar-refractivity contribution in [2.45, 2.75) is 26.3 Å². The molecule has 2 N–H and O–H groups in total. The number of nitrogens with two attached hydrogens (primary N) is 1. The molecule has 0 unspecified atom stereocenters. The third kappa shape index (κ3) is 5.26. The molecule has 0 aliphatic rings. The molecule has 0 saturated heterocycles. The Hall–Kier alpha value is -0.280. The fourth-order valence-corrected chi connectivity index (χ4v) is 2.19. The Morgan fingerprint density at radius 1 is 1.24 bits per heavy atom. The molecule has 0 aromatic heterocycles. The first kappa shape index (κ1) is 14.8. The summed E-state index contributed by atoms with van der Waals surface area (Å²) in [4.78, 5) is 2.33. The summed E-state index contributed by atoms with van der Waals surface area (Å²) in [5, 5.41) is 1.41. The van der Waals surface area contributed by atoms with Crippen LogP contribution < -0.4 is 5.73 Å². The molecule has 0 amide bonds. The molecule has 1 aromatic rings. The SMILES string of the molecule is CCCCN(CCN)Cc1ccc(Cl)cc1Cl. The molecule has 0 aliphatic carbocycles. The Morgan fingerprint density at radius 2 is 2.00 bits per heavy atom. The molecule has 0 radical (unpaired) electrons.